The number of carbonyl (C=O) groups is 2. The van der Waals surface area contributed by atoms with E-state index in [-0.39, 0.29) is 11.7 Å². The van der Waals surface area contributed by atoms with Crippen LogP contribution in [-0.4, -0.2) is 47.5 Å². The standard InChI is InChI=1S/C12H16BN3O4S2/c1-8-15-16-12(22-8)21-7-11(18)14-10-5-3-4-6-19-13(10)20-9(2)17/h3-4,10H,5-7H2,1-2H3,(H,14,18)/t10-/m0/s1. The fourth-order valence-corrected chi connectivity index (χ4v) is 3.43. The molecule has 2 heterocycles. The Bertz CT molecular complexity index is 566. The average Bonchev–Trinajstić information content (AvgIpc) is 2.76. The van der Waals surface area contributed by atoms with E-state index in [2.05, 4.69) is 15.5 Å². The first-order chi connectivity index (χ1) is 10.5. The van der Waals surface area contributed by atoms with Gasteiger partial charge in [-0.15, -0.1) is 10.2 Å². The molecule has 1 aliphatic heterocycles. The van der Waals surface area contributed by atoms with Gasteiger partial charge in [-0.3, -0.25) is 9.59 Å². The van der Waals surface area contributed by atoms with E-state index >= 15 is 0 Å². The number of rotatable bonds is 5. The van der Waals surface area contributed by atoms with E-state index in [4.69, 9.17) is 9.31 Å². The molecule has 118 valence electrons. The first kappa shape index (κ1) is 17.0. The molecule has 0 aromatic carbocycles. The van der Waals surface area contributed by atoms with Gasteiger partial charge in [-0.1, -0.05) is 35.3 Å². The number of nitrogens with one attached hydrogen (secondary N) is 1. The Kier molecular flexibility index (Phi) is 6.41. The van der Waals surface area contributed by atoms with E-state index in [9.17, 15) is 9.59 Å². The third-order valence-corrected chi connectivity index (χ3v) is 4.68. The lowest BCUT2D eigenvalue weighted by Gasteiger charge is -2.20. The average molecular weight is 341 g/mol. The van der Waals surface area contributed by atoms with Crippen LogP contribution in [0.4, 0.5) is 0 Å². The molecule has 0 saturated carbocycles. The molecular formula is C12H16BN3O4S2. The highest BCUT2D eigenvalue weighted by atomic mass is 32.2. The van der Waals surface area contributed by atoms with E-state index in [1.165, 1.54) is 30.0 Å². The van der Waals surface area contributed by atoms with E-state index in [0.717, 1.165) is 9.35 Å². The molecular weight excluding hydrogens is 325 g/mol. The number of amides is 1. The van der Waals surface area contributed by atoms with Crippen LogP contribution in [0.1, 0.15) is 18.4 Å². The molecule has 1 aromatic rings. The maximum Gasteiger partial charge on any atom is 0.551 e. The molecule has 0 saturated heterocycles. The Morgan fingerprint density at radius 3 is 3.05 bits per heavy atom. The molecule has 7 nitrogen and oxygen atoms in total. The Morgan fingerprint density at radius 2 is 2.36 bits per heavy atom. The van der Waals surface area contributed by atoms with Gasteiger partial charge in [0.05, 0.1) is 18.3 Å². The zero-order valence-electron chi connectivity index (χ0n) is 12.3. The van der Waals surface area contributed by atoms with Crippen LogP contribution in [0.3, 0.4) is 0 Å². The second-order valence-electron chi connectivity index (χ2n) is 4.57. The number of hydrogen-bond donors (Lipinski definition) is 1. The minimum absolute atomic E-state index is 0.168. The highest BCUT2D eigenvalue weighted by molar-refractivity contribution is 8.01. The highest BCUT2D eigenvalue weighted by Gasteiger charge is 2.34. The summed E-state index contributed by atoms with van der Waals surface area (Å²) in [5.74, 6) is -0.780. The van der Waals surface area contributed by atoms with Crippen LogP contribution in [0.2, 0.25) is 0 Å². The first-order valence-corrected chi connectivity index (χ1v) is 8.51. The Morgan fingerprint density at radius 1 is 1.55 bits per heavy atom. The molecule has 0 bridgehead atoms. The van der Waals surface area contributed by atoms with Crippen molar-refractivity contribution in [2.24, 2.45) is 0 Å². The molecule has 0 aliphatic carbocycles. The van der Waals surface area contributed by atoms with Crippen LogP contribution in [0.25, 0.3) is 0 Å². The largest absolute Gasteiger partial charge is 0.551 e. The van der Waals surface area contributed by atoms with Gasteiger partial charge in [-0.2, -0.15) is 0 Å². The molecule has 1 amide bonds. The lowest BCUT2D eigenvalue weighted by molar-refractivity contribution is -0.134. The molecule has 0 fully saturated rings. The summed E-state index contributed by atoms with van der Waals surface area (Å²) in [6, 6.07) is 0. The van der Waals surface area contributed by atoms with Gasteiger partial charge in [-0.05, 0) is 13.3 Å². The monoisotopic (exact) mass is 341 g/mol. The first-order valence-electron chi connectivity index (χ1n) is 6.70. The molecule has 1 N–H and O–H groups in total. The van der Waals surface area contributed by atoms with Gasteiger partial charge < -0.3 is 14.6 Å². The van der Waals surface area contributed by atoms with Crippen molar-refractivity contribution in [3.63, 3.8) is 0 Å². The van der Waals surface area contributed by atoms with Gasteiger partial charge in [0, 0.05) is 6.92 Å². The van der Waals surface area contributed by atoms with Crippen LogP contribution < -0.4 is 5.32 Å². The third-order valence-electron chi connectivity index (χ3n) is 2.70. The summed E-state index contributed by atoms with van der Waals surface area (Å²) in [5, 5.41) is 11.5. The van der Waals surface area contributed by atoms with Crippen LogP contribution in [0.5, 0.6) is 0 Å². The lowest BCUT2D eigenvalue weighted by Crippen LogP contribution is -2.49. The minimum Gasteiger partial charge on any atom is -0.508 e. The van der Waals surface area contributed by atoms with Crippen LogP contribution in [0.15, 0.2) is 16.5 Å². The van der Waals surface area contributed by atoms with E-state index < -0.39 is 19.0 Å². The normalized spacial score (nSPS) is 17.9. The van der Waals surface area contributed by atoms with Gasteiger partial charge in [0.2, 0.25) is 5.91 Å². The Balaban J connectivity index is 1.86. The molecule has 10 heteroatoms. The van der Waals surface area contributed by atoms with Gasteiger partial charge in [-0.25, -0.2) is 0 Å². The molecule has 1 atom stereocenters. The topological polar surface area (TPSA) is 90.4 Å². The van der Waals surface area contributed by atoms with Crippen molar-refractivity contribution in [3.05, 3.63) is 17.2 Å². The molecule has 0 spiro atoms. The second-order valence-corrected chi connectivity index (χ2v) is 6.97. The zero-order valence-corrected chi connectivity index (χ0v) is 13.9. The van der Waals surface area contributed by atoms with E-state index in [1.54, 1.807) is 0 Å². The number of hydrogen-bond acceptors (Lipinski definition) is 8. The van der Waals surface area contributed by atoms with Gasteiger partial charge in [0.25, 0.3) is 5.97 Å². The van der Waals surface area contributed by atoms with Crippen LogP contribution >= 0.6 is 23.1 Å². The van der Waals surface area contributed by atoms with Gasteiger partial charge in [0.1, 0.15) is 5.01 Å². The van der Waals surface area contributed by atoms with Crippen molar-refractivity contribution in [3.8, 4) is 0 Å². The van der Waals surface area contributed by atoms with Gasteiger partial charge >= 0.3 is 7.12 Å². The van der Waals surface area contributed by atoms with Crippen molar-refractivity contribution in [1.29, 1.82) is 0 Å². The summed E-state index contributed by atoms with van der Waals surface area (Å²) < 4.78 is 11.3. The predicted octanol–water partition coefficient (Wildman–Crippen LogP) is 0.990. The Hall–Kier alpha value is -1.39. The van der Waals surface area contributed by atoms with Crippen molar-refractivity contribution in [2.75, 3.05) is 12.4 Å². The molecule has 0 radical (unpaired) electrons. The fourth-order valence-electron chi connectivity index (χ4n) is 1.81. The SMILES string of the molecule is CC(=O)OB1OCC=CC[C@@H]1NC(=O)CSc1nnc(C)s1. The smallest absolute Gasteiger partial charge is 0.508 e. The number of aryl methyl sites for hydroxylation is 1. The quantitative estimate of drug-likeness (QED) is 0.485. The molecule has 2 rings (SSSR count). The van der Waals surface area contributed by atoms with Crippen molar-refractivity contribution in [2.45, 2.75) is 30.5 Å². The summed E-state index contributed by atoms with van der Waals surface area (Å²) >= 11 is 2.77. The zero-order chi connectivity index (χ0) is 15.9. The maximum absolute atomic E-state index is 12.0. The summed E-state index contributed by atoms with van der Waals surface area (Å²) in [6.45, 7) is 3.53. The summed E-state index contributed by atoms with van der Waals surface area (Å²) in [5.41, 5.74) is 0. The Labute approximate surface area is 137 Å². The maximum atomic E-state index is 12.0. The minimum atomic E-state index is -0.773. The summed E-state index contributed by atoms with van der Waals surface area (Å²) in [4.78, 5) is 23.2. The fraction of sp³-hybridized carbons (Fsp3) is 0.500. The van der Waals surface area contributed by atoms with Crippen molar-refractivity contribution in [1.82, 2.24) is 15.5 Å². The number of aromatic nitrogens is 2. The van der Waals surface area contributed by atoms with Crippen molar-refractivity contribution < 1.29 is 18.9 Å². The van der Waals surface area contributed by atoms with Crippen LogP contribution in [-0.2, 0) is 18.9 Å². The molecule has 1 aromatic heterocycles. The van der Waals surface area contributed by atoms with E-state index in [1.807, 2.05) is 19.1 Å². The van der Waals surface area contributed by atoms with Gasteiger partial charge in [0.15, 0.2) is 4.34 Å². The number of nitrogens with zero attached hydrogens (tertiary/aromatic N) is 2. The number of carbonyl (C=O) groups excluding carboxylic acids is 2. The van der Waals surface area contributed by atoms with Crippen LogP contribution in [0, 0.1) is 6.92 Å². The second kappa shape index (κ2) is 8.30. The lowest BCUT2D eigenvalue weighted by atomic mass is 9.76. The highest BCUT2D eigenvalue weighted by Crippen LogP contribution is 2.21. The summed E-state index contributed by atoms with van der Waals surface area (Å²) in [7, 11) is -0.773. The molecule has 22 heavy (non-hydrogen) atoms. The van der Waals surface area contributed by atoms with E-state index in [0.29, 0.717) is 13.0 Å². The summed E-state index contributed by atoms with van der Waals surface area (Å²) in [6.07, 6.45) is 4.28. The van der Waals surface area contributed by atoms with Crippen molar-refractivity contribution >= 4 is 42.1 Å². The predicted molar refractivity (Wildman–Crippen MR) is 84.5 cm³/mol. The molecule has 0 unspecified atom stereocenters. The number of thioether (sulfide) groups is 1. The third kappa shape index (κ3) is 5.43. The molecule has 1 aliphatic rings.